The van der Waals surface area contributed by atoms with E-state index in [2.05, 4.69) is 4.74 Å². The van der Waals surface area contributed by atoms with E-state index in [1.54, 1.807) is 13.0 Å². The monoisotopic (exact) mass is 277 g/mol. The van der Waals surface area contributed by atoms with Crippen LogP contribution in [-0.4, -0.2) is 36.6 Å². The molecule has 1 atom stereocenters. The number of esters is 1. The summed E-state index contributed by atoms with van der Waals surface area (Å²) in [5, 5.41) is 8.92. The number of methoxy groups -OCH3 is 1. The zero-order valence-electron chi connectivity index (χ0n) is 11.3. The number of carbonyl (C=O) groups is 3. The van der Waals surface area contributed by atoms with Crippen molar-refractivity contribution in [3.8, 4) is 0 Å². The summed E-state index contributed by atoms with van der Waals surface area (Å²) < 4.78 is 4.65. The van der Waals surface area contributed by atoms with Crippen LogP contribution >= 0.6 is 0 Å². The fourth-order valence-corrected chi connectivity index (χ4v) is 2.36. The number of nitrogens with zero attached hydrogens (tertiary/aromatic N) is 1. The summed E-state index contributed by atoms with van der Waals surface area (Å²) in [4.78, 5) is 35.9. The third-order valence-electron chi connectivity index (χ3n) is 3.39. The molecular formula is C14H15NO5. The molecule has 0 radical (unpaired) electrons. The standard InChI is InChI=1S/C14H15NO5/c1-8-5-9(13(17)18)3-4-11(8)15-7-10(6-12(15)16)14(19)20-2/h3-5,10H,6-7H2,1-2H3,(H,17,18). The number of hydrogen-bond acceptors (Lipinski definition) is 4. The largest absolute Gasteiger partial charge is 0.478 e. The Morgan fingerprint density at radius 2 is 2.10 bits per heavy atom. The quantitative estimate of drug-likeness (QED) is 0.840. The van der Waals surface area contributed by atoms with Gasteiger partial charge in [-0.15, -0.1) is 0 Å². The van der Waals surface area contributed by atoms with E-state index in [-0.39, 0.29) is 24.4 Å². The van der Waals surface area contributed by atoms with Crippen LogP contribution in [0.1, 0.15) is 22.3 Å². The summed E-state index contributed by atoms with van der Waals surface area (Å²) in [6.45, 7) is 2.00. The van der Waals surface area contributed by atoms with Gasteiger partial charge in [-0.1, -0.05) is 0 Å². The fraction of sp³-hybridized carbons (Fsp3) is 0.357. The number of benzene rings is 1. The summed E-state index contributed by atoms with van der Waals surface area (Å²) in [5.74, 6) is -2.04. The highest BCUT2D eigenvalue weighted by molar-refractivity contribution is 6.00. The third-order valence-corrected chi connectivity index (χ3v) is 3.39. The molecule has 1 aliphatic heterocycles. The number of ether oxygens (including phenoxy) is 1. The van der Waals surface area contributed by atoms with Crippen LogP contribution in [0.15, 0.2) is 18.2 Å². The van der Waals surface area contributed by atoms with Gasteiger partial charge in [-0.25, -0.2) is 4.79 Å². The van der Waals surface area contributed by atoms with Gasteiger partial charge >= 0.3 is 11.9 Å². The van der Waals surface area contributed by atoms with E-state index >= 15 is 0 Å². The Hall–Kier alpha value is -2.37. The molecule has 1 N–H and O–H groups in total. The minimum atomic E-state index is -1.01. The zero-order valence-corrected chi connectivity index (χ0v) is 11.3. The van der Waals surface area contributed by atoms with E-state index in [1.807, 2.05) is 0 Å². The maximum atomic E-state index is 12.0. The van der Waals surface area contributed by atoms with Gasteiger partial charge in [0.15, 0.2) is 0 Å². The summed E-state index contributed by atoms with van der Waals surface area (Å²) in [6.07, 6.45) is 0.118. The molecule has 0 aromatic heterocycles. The van der Waals surface area contributed by atoms with Crippen molar-refractivity contribution in [3.63, 3.8) is 0 Å². The minimum absolute atomic E-state index is 0.118. The molecule has 6 heteroatoms. The second kappa shape index (κ2) is 5.32. The summed E-state index contributed by atoms with van der Waals surface area (Å²) in [7, 11) is 1.29. The van der Waals surface area contributed by atoms with Crippen LogP contribution < -0.4 is 4.90 Å². The van der Waals surface area contributed by atoms with E-state index < -0.39 is 17.9 Å². The molecule has 20 heavy (non-hydrogen) atoms. The molecule has 0 aliphatic carbocycles. The van der Waals surface area contributed by atoms with E-state index in [1.165, 1.54) is 24.1 Å². The van der Waals surface area contributed by atoms with Gasteiger partial charge in [-0.3, -0.25) is 9.59 Å². The second-order valence-corrected chi connectivity index (χ2v) is 4.73. The van der Waals surface area contributed by atoms with Crippen LogP contribution in [0, 0.1) is 12.8 Å². The van der Waals surface area contributed by atoms with Crippen molar-refractivity contribution >= 4 is 23.5 Å². The van der Waals surface area contributed by atoms with Crippen molar-refractivity contribution in [1.82, 2.24) is 0 Å². The Morgan fingerprint density at radius 3 is 2.65 bits per heavy atom. The average Bonchev–Trinajstić information content (AvgIpc) is 2.79. The molecule has 1 aliphatic rings. The van der Waals surface area contributed by atoms with Crippen molar-refractivity contribution in [2.24, 2.45) is 5.92 Å². The van der Waals surface area contributed by atoms with Gasteiger partial charge < -0.3 is 14.7 Å². The number of carboxylic acids is 1. The van der Waals surface area contributed by atoms with Crippen molar-refractivity contribution in [2.45, 2.75) is 13.3 Å². The van der Waals surface area contributed by atoms with Crippen LogP contribution in [0.25, 0.3) is 0 Å². The predicted molar refractivity (Wildman–Crippen MR) is 70.6 cm³/mol. The molecule has 1 fully saturated rings. The molecule has 0 bridgehead atoms. The molecule has 1 aromatic carbocycles. The SMILES string of the molecule is COC(=O)C1CC(=O)N(c2ccc(C(=O)O)cc2C)C1. The number of anilines is 1. The number of amides is 1. The molecule has 1 amide bonds. The first-order chi connectivity index (χ1) is 9.43. The molecule has 1 saturated heterocycles. The number of hydrogen-bond donors (Lipinski definition) is 1. The Morgan fingerprint density at radius 1 is 1.40 bits per heavy atom. The van der Waals surface area contributed by atoms with Crippen LogP contribution in [0.3, 0.4) is 0 Å². The van der Waals surface area contributed by atoms with Crippen molar-refractivity contribution in [3.05, 3.63) is 29.3 Å². The van der Waals surface area contributed by atoms with Crippen LogP contribution in [0.4, 0.5) is 5.69 Å². The molecule has 2 rings (SSSR count). The molecule has 6 nitrogen and oxygen atoms in total. The summed E-state index contributed by atoms with van der Waals surface area (Å²) in [6, 6.07) is 4.55. The lowest BCUT2D eigenvalue weighted by atomic mass is 10.1. The Bertz CT molecular complexity index is 581. The Kier molecular flexibility index (Phi) is 3.74. The molecule has 0 saturated carbocycles. The Labute approximate surface area is 115 Å². The first-order valence-electron chi connectivity index (χ1n) is 6.16. The van der Waals surface area contributed by atoms with Gasteiger partial charge in [-0.2, -0.15) is 0 Å². The zero-order chi connectivity index (χ0) is 14.9. The lowest BCUT2D eigenvalue weighted by Gasteiger charge is -2.19. The van der Waals surface area contributed by atoms with Gasteiger partial charge in [0, 0.05) is 18.7 Å². The number of carbonyl (C=O) groups excluding carboxylic acids is 2. The molecule has 1 unspecified atom stereocenters. The van der Waals surface area contributed by atoms with Gasteiger partial charge in [0.05, 0.1) is 18.6 Å². The van der Waals surface area contributed by atoms with Crippen LogP contribution in [0.5, 0.6) is 0 Å². The van der Waals surface area contributed by atoms with Gasteiger partial charge in [0.25, 0.3) is 0 Å². The average molecular weight is 277 g/mol. The van der Waals surface area contributed by atoms with E-state index in [9.17, 15) is 14.4 Å². The van der Waals surface area contributed by atoms with Crippen molar-refractivity contribution < 1.29 is 24.2 Å². The third kappa shape index (κ3) is 2.49. The second-order valence-electron chi connectivity index (χ2n) is 4.73. The molecule has 106 valence electrons. The summed E-state index contributed by atoms with van der Waals surface area (Å²) in [5.41, 5.74) is 1.48. The van der Waals surface area contributed by atoms with Crippen LogP contribution in [0.2, 0.25) is 0 Å². The van der Waals surface area contributed by atoms with E-state index in [4.69, 9.17) is 5.11 Å². The molecular weight excluding hydrogens is 262 g/mol. The smallest absolute Gasteiger partial charge is 0.335 e. The number of aromatic carboxylic acids is 1. The van der Waals surface area contributed by atoms with Gasteiger partial charge in [0.1, 0.15) is 0 Å². The van der Waals surface area contributed by atoms with E-state index in [0.29, 0.717) is 11.3 Å². The number of aryl methyl sites for hydroxylation is 1. The van der Waals surface area contributed by atoms with Crippen LogP contribution in [-0.2, 0) is 14.3 Å². The van der Waals surface area contributed by atoms with Gasteiger partial charge in [-0.05, 0) is 30.7 Å². The normalized spacial score (nSPS) is 18.2. The molecule has 1 aromatic rings. The highest BCUT2D eigenvalue weighted by Gasteiger charge is 2.36. The predicted octanol–water partition coefficient (Wildman–Crippen LogP) is 1.22. The summed E-state index contributed by atoms with van der Waals surface area (Å²) >= 11 is 0. The Balaban J connectivity index is 2.26. The van der Waals surface area contributed by atoms with E-state index in [0.717, 1.165) is 0 Å². The maximum absolute atomic E-state index is 12.0. The first-order valence-corrected chi connectivity index (χ1v) is 6.16. The van der Waals surface area contributed by atoms with Crippen molar-refractivity contribution in [2.75, 3.05) is 18.6 Å². The lowest BCUT2D eigenvalue weighted by molar-refractivity contribution is -0.145. The highest BCUT2D eigenvalue weighted by atomic mass is 16.5. The first kappa shape index (κ1) is 14.0. The highest BCUT2D eigenvalue weighted by Crippen LogP contribution is 2.29. The maximum Gasteiger partial charge on any atom is 0.335 e. The minimum Gasteiger partial charge on any atom is -0.478 e. The topological polar surface area (TPSA) is 83.9 Å². The lowest BCUT2D eigenvalue weighted by Crippen LogP contribution is -2.27. The fourth-order valence-electron chi connectivity index (χ4n) is 2.36. The number of carboxylic acid groups (broad SMARTS) is 1. The molecule has 0 spiro atoms. The molecule has 1 heterocycles. The number of rotatable bonds is 3. The van der Waals surface area contributed by atoms with Gasteiger partial charge in [0.2, 0.25) is 5.91 Å². The van der Waals surface area contributed by atoms with Crippen molar-refractivity contribution in [1.29, 1.82) is 0 Å².